The highest BCUT2D eigenvalue weighted by atomic mass is 31.2. The molecule has 0 aromatic heterocycles. The standard InChI is InChI=1S/C7H12O9P2/c8-5(4-7(10)18(14,15)16)2-1-3-6(9)17(11,12)13/h1-4H2,(H2,11,12,13)(H2,14,15,16). The van der Waals surface area contributed by atoms with Crippen molar-refractivity contribution in [1.82, 2.24) is 0 Å². The Balaban J connectivity index is 4.08. The van der Waals surface area contributed by atoms with E-state index in [9.17, 15) is 23.5 Å². The topological polar surface area (TPSA) is 166 Å². The van der Waals surface area contributed by atoms with Crippen molar-refractivity contribution < 1.29 is 43.1 Å². The quantitative estimate of drug-likeness (QED) is 0.342. The minimum Gasteiger partial charge on any atom is -0.319 e. The number of Topliss-reactive ketones (excluding diaryl/α,β-unsaturated/α-hetero) is 1. The first-order chi connectivity index (χ1) is 7.94. The molecular formula is C7H12O9P2. The monoisotopic (exact) mass is 302 g/mol. The molecule has 0 atom stereocenters. The molecule has 11 heteroatoms. The van der Waals surface area contributed by atoms with Crippen LogP contribution >= 0.6 is 15.2 Å². The van der Waals surface area contributed by atoms with E-state index in [0.29, 0.717) is 0 Å². The van der Waals surface area contributed by atoms with Crippen LogP contribution in [0.4, 0.5) is 0 Å². The van der Waals surface area contributed by atoms with E-state index in [1.165, 1.54) is 0 Å². The van der Waals surface area contributed by atoms with Gasteiger partial charge in [0.1, 0.15) is 5.78 Å². The molecule has 0 radical (unpaired) electrons. The second-order valence-electron chi connectivity index (χ2n) is 3.44. The van der Waals surface area contributed by atoms with E-state index in [2.05, 4.69) is 0 Å². The summed E-state index contributed by atoms with van der Waals surface area (Å²) >= 11 is 0. The molecule has 0 spiro atoms. The van der Waals surface area contributed by atoms with Gasteiger partial charge < -0.3 is 19.6 Å². The fraction of sp³-hybridized carbons (Fsp3) is 0.571. The summed E-state index contributed by atoms with van der Waals surface area (Å²) in [6.07, 6.45) is -2.07. The number of hydrogen-bond acceptors (Lipinski definition) is 5. The van der Waals surface area contributed by atoms with E-state index < -0.39 is 44.9 Å². The molecule has 0 saturated heterocycles. The number of carbonyl (C=O) groups is 3. The molecule has 0 aliphatic carbocycles. The van der Waals surface area contributed by atoms with Gasteiger partial charge in [0.25, 0.3) is 5.52 Å². The lowest BCUT2D eigenvalue weighted by Crippen LogP contribution is -2.08. The number of ketones is 1. The number of hydrogen-bond donors (Lipinski definition) is 4. The summed E-state index contributed by atoms with van der Waals surface area (Å²) in [4.78, 5) is 66.2. The second kappa shape index (κ2) is 6.47. The summed E-state index contributed by atoms with van der Waals surface area (Å²) in [6.45, 7) is 0. The average Bonchev–Trinajstić information content (AvgIpc) is 2.14. The summed E-state index contributed by atoms with van der Waals surface area (Å²) in [6, 6.07) is 0. The summed E-state index contributed by atoms with van der Waals surface area (Å²) in [5.41, 5.74) is -2.84. The van der Waals surface area contributed by atoms with E-state index in [1.54, 1.807) is 0 Å². The Morgan fingerprint density at radius 1 is 0.778 bits per heavy atom. The van der Waals surface area contributed by atoms with Crippen LogP contribution in [0, 0.1) is 0 Å². The van der Waals surface area contributed by atoms with Gasteiger partial charge in [-0.15, -0.1) is 0 Å². The normalized spacial score (nSPS) is 12.2. The highest BCUT2D eigenvalue weighted by Gasteiger charge is 2.28. The summed E-state index contributed by atoms with van der Waals surface area (Å²) in [5.74, 6) is -0.804. The number of rotatable bonds is 8. The minimum atomic E-state index is -4.94. The van der Waals surface area contributed by atoms with Crippen LogP contribution in [0.3, 0.4) is 0 Å². The van der Waals surface area contributed by atoms with Crippen LogP contribution in [0.15, 0.2) is 0 Å². The summed E-state index contributed by atoms with van der Waals surface area (Å²) < 4.78 is 20.8. The molecule has 0 unspecified atom stereocenters. The van der Waals surface area contributed by atoms with Crippen molar-refractivity contribution in [1.29, 1.82) is 0 Å². The largest absolute Gasteiger partial charge is 0.392 e. The zero-order valence-electron chi connectivity index (χ0n) is 9.05. The van der Waals surface area contributed by atoms with Crippen LogP contribution in [-0.2, 0) is 23.5 Å². The molecule has 0 aromatic rings. The molecule has 18 heavy (non-hydrogen) atoms. The molecule has 0 bridgehead atoms. The minimum absolute atomic E-state index is 0.197. The Morgan fingerprint density at radius 3 is 1.61 bits per heavy atom. The van der Waals surface area contributed by atoms with Crippen molar-refractivity contribution in [2.45, 2.75) is 25.7 Å². The van der Waals surface area contributed by atoms with Gasteiger partial charge in [-0.25, -0.2) is 0 Å². The van der Waals surface area contributed by atoms with Gasteiger partial charge in [0.05, 0.1) is 6.42 Å². The fourth-order valence-corrected chi connectivity index (χ4v) is 1.77. The third kappa shape index (κ3) is 6.90. The van der Waals surface area contributed by atoms with Gasteiger partial charge in [0.15, 0.2) is 0 Å². The van der Waals surface area contributed by atoms with Crippen LogP contribution in [0.5, 0.6) is 0 Å². The average molecular weight is 302 g/mol. The third-order valence-electron chi connectivity index (χ3n) is 1.84. The Kier molecular flexibility index (Phi) is 6.22. The maximum atomic E-state index is 11.1. The van der Waals surface area contributed by atoms with Gasteiger partial charge in [0, 0.05) is 12.8 Å². The van der Waals surface area contributed by atoms with Crippen molar-refractivity contribution in [3.05, 3.63) is 0 Å². The van der Waals surface area contributed by atoms with Crippen molar-refractivity contribution in [3.8, 4) is 0 Å². The molecule has 0 aliphatic rings. The molecule has 4 N–H and O–H groups in total. The zero-order chi connectivity index (χ0) is 14.6. The van der Waals surface area contributed by atoms with Crippen LogP contribution in [0.1, 0.15) is 25.7 Å². The second-order valence-corrected chi connectivity index (χ2v) is 6.62. The lowest BCUT2D eigenvalue weighted by atomic mass is 10.1. The Morgan fingerprint density at radius 2 is 1.22 bits per heavy atom. The molecule has 104 valence electrons. The lowest BCUT2D eigenvalue weighted by Gasteiger charge is -2.03. The molecule has 0 rings (SSSR count). The highest BCUT2D eigenvalue weighted by Crippen LogP contribution is 2.38. The van der Waals surface area contributed by atoms with Gasteiger partial charge in [-0.05, 0) is 6.42 Å². The van der Waals surface area contributed by atoms with E-state index in [0.717, 1.165) is 0 Å². The van der Waals surface area contributed by atoms with Gasteiger partial charge >= 0.3 is 15.2 Å². The third-order valence-corrected chi connectivity index (χ3v) is 3.53. The molecule has 0 heterocycles. The van der Waals surface area contributed by atoms with E-state index in [4.69, 9.17) is 19.6 Å². The molecule has 0 saturated carbocycles. The van der Waals surface area contributed by atoms with E-state index in [-0.39, 0.29) is 12.8 Å². The van der Waals surface area contributed by atoms with Crippen LogP contribution in [0.2, 0.25) is 0 Å². The molecule has 0 aromatic carbocycles. The first kappa shape index (κ1) is 17.3. The smallest absolute Gasteiger partial charge is 0.319 e. The first-order valence-corrected chi connectivity index (χ1v) is 7.86. The Bertz CT molecular complexity index is 442. The van der Waals surface area contributed by atoms with Gasteiger partial charge in [-0.1, -0.05) is 0 Å². The zero-order valence-corrected chi connectivity index (χ0v) is 10.8. The van der Waals surface area contributed by atoms with Crippen molar-refractivity contribution in [2.24, 2.45) is 0 Å². The van der Waals surface area contributed by atoms with Gasteiger partial charge in [0.2, 0.25) is 5.52 Å². The van der Waals surface area contributed by atoms with E-state index in [1.807, 2.05) is 0 Å². The molecule has 0 fully saturated rings. The Hall–Kier alpha value is -0.690. The molecule has 0 aliphatic heterocycles. The predicted octanol–water partition coefficient (Wildman–Crippen LogP) is -0.476. The highest BCUT2D eigenvalue weighted by molar-refractivity contribution is 7.70. The van der Waals surface area contributed by atoms with Crippen LogP contribution in [-0.4, -0.2) is 36.4 Å². The molecule has 9 nitrogen and oxygen atoms in total. The van der Waals surface area contributed by atoms with Crippen molar-refractivity contribution >= 4 is 32.0 Å². The fourth-order valence-electron chi connectivity index (χ4n) is 0.942. The molecule has 0 amide bonds. The van der Waals surface area contributed by atoms with Crippen molar-refractivity contribution in [3.63, 3.8) is 0 Å². The maximum Gasteiger partial charge on any atom is 0.392 e. The number of carbonyl (C=O) groups excluding carboxylic acids is 3. The summed E-state index contributed by atoms with van der Waals surface area (Å²) in [7, 11) is -9.75. The van der Waals surface area contributed by atoms with Crippen LogP contribution < -0.4 is 0 Å². The van der Waals surface area contributed by atoms with Gasteiger partial charge in [-0.3, -0.25) is 23.5 Å². The van der Waals surface area contributed by atoms with E-state index >= 15 is 0 Å². The first-order valence-electron chi connectivity index (χ1n) is 4.64. The Labute approximate surface area is 102 Å². The summed E-state index contributed by atoms with van der Waals surface area (Å²) in [5, 5.41) is 0. The van der Waals surface area contributed by atoms with Crippen LogP contribution in [0.25, 0.3) is 0 Å². The van der Waals surface area contributed by atoms with Crippen molar-refractivity contribution in [2.75, 3.05) is 0 Å². The maximum absolute atomic E-state index is 11.1. The molecular weight excluding hydrogens is 290 g/mol. The van der Waals surface area contributed by atoms with Gasteiger partial charge in [-0.2, -0.15) is 0 Å². The predicted molar refractivity (Wildman–Crippen MR) is 57.6 cm³/mol. The SMILES string of the molecule is O=C(CCCC(=O)P(=O)(O)O)CC(=O)P(=O)(O)O. The lowest BCUT2D eigenvalue weighted by molar-refractivity contribution is -0.124.